The Morgan fingerprint density at radius 2 is 0.494 bits per heavy atom. The Kier molecular flexibility index (Phi) is 25.6. The van der Waals surface area contributed by atoms with Crippen molar-refractivity contribution < 1.29 is 128 Å². The van der Waals surface area contributed by atoms with E-state index in [1.54, 1.807) is 27.1 Å². The molecule has 22 aliphatic heterocycles. The van der Waals surface area contributed by atoms with Gasteiger partial charge in [-0.05, 0) is 0 Å². The number of hydrogen-bond acceptors (Lipinski definition) is 27. The molecule has 447 valence electrons. The van der Waals surface area contributed by atoms with Crippen molar-refractivity contribution in [3.63, 3.8) is 0 Å². The van der Waals surface area contributed by atoms with Crippen molar-refractivity contribution in [2.24, 2.45) is 0 Å². The average Bonchev–Trinajstić information content (AvgIpc) is 3.44. The molecule has 0 N–H and O–H groups in total. The van der Waals surface area contributed by atoms with Crippen molar-refractivity contribution in [2.75, 3.05) is 140 Å². The van der Waals surface area contributed by atoms with E-state index in [1.165, 1.54) is 99.0 Å². The van der Waals surface area contributed by atoms with Crippen molar-refractivity contribution in [3.8, 4) is 0 Å². The second kappa shape index (κ2) is 31.0. The largest absolute Gasteiger partial charge is 0.382 e. The molecular formula is C50H85O27. The summed E-state index contributed by atoms with van der Waals surface area (Å²) in [5.41, 5.74) is 0. The summed E-state index contributed by atoms with van der Waals surface area (Å²) in [5.74, 6) is 0. The minimum atomic E-state index is -1.16. The van der Waals surface area contributed by atoms with Crippen LogP contribution in [0.15, 0.2) is 0 Å². The predicted octanol–water partition coefficient (Wildman–Crippen LogP) is -0.756. The molecule has 22 aliphatic rings. The van der Waals surface area contributed by atoms with Gasteiger partial charge < -0.3 is 128 Å². The molecule has 0 aromatic heterocycles. The zero-order valence-corrected chi connectivity index (χ0v) is 46.9. The van der Waals surface area contributed by atoms with Gasteiger partial charge in [0.1, 0.15) is 129 Å². The molecule has 0 aliphatic carbocycles. The van der Waals surface area contributed by atoms with Crippen LogP contribution >= 0.6 is 0 Å². The maximum Gasteiger partial charge on any atom is 0.187 e. The smallest absolute Gasteiger partial charge is 0.187 e. The number of ether oxygens (including phenoxy) is 27. The monoisotopic (exact) mass is 1120 g/mol. The SMILES string of the molecule is COC[C@H]1O[C@@H]2O[C@H]3[C@H](OC)[C@@H](OC)[C@@H](O[C@H]4[C@H](OC)[C@@H](OC)[C@@H](O[C@H]5[C@H](OC)[C@@H](OC)[C@@H](O[C@H]6[C@H](OC)[C@@H](OC)[C@@H](O[C@H]7[CH][CH][C@H](O[CH]7)O[C@H]1[C@H](OC)[C@H]2OC)O[C@@H]6COC)O[C@@H]5COC)O[C@@H]4COC)O[C@@H]3COC. The van der Waals surface area contributed by atoms with Crippen LogP contribution in [0.5, 0.6) is 0 Å². The van der Waals surface area contributed by atoms with Gasteiger partial charge in [0, 0.05) is 119 Å². The number of rotatable bonds is 20. The van der Waals surface area contributed by atoms with E-state index in [1.807, 2.05) is 0 Å². The summed E-state index contributed by atoms with van der Waals surface area (Å²) in [6, 6.07) is 0. The Morgan fingerprint density at radius 3 is 0.701 bits per heavy atom. The maximum absolute atomic E-state index is 6.94. The zero-order chi connectivity index (χ0) is 55.3. The van der Waals surface area contributed by atoms with E-state index in [2.05, 4.69) is 0 Å². The standard InChI is InChI=1S/C50H85O27/c1-51-19-25-31-36(56-6)42(62-12)47(69-25)75-33-27(21-53-3)71-49(44(64-14)38(33)58-8)77-35-29(23-55-5)72-50(45(65-15)40(35)60-10)76-34-28(22-54-4)70-48(43(63-13)39(34)59-9)74-32-26(20-52-2)68-46(41(61-11)37(32)57-7)67-24-16-17-30(73-31)66-18-24/h16-18,24-50H,19-23H2,1-15H3/t24-,25+,26+,27+,28+,29+,30+,31+,32+,33+,34+,35+,36-,37-,38-,39-,40-,41+,42+,43+,44+,45+,46-,47+,48+,49+,50+/m0/s1. The molecule has 27 atom stereocenters. The second-order valence-corrected chi connectivity index (χ2v) is 19.1. The molecule has 3 radical (unpaired) electrons. The van der Waals surface area contributed by atoms with Crippen LogP contribution in [0, 0.1) is 19.4 Å². The molecule has 0 aromatic rings. The lowest BCUT2D eigenvalue weighted by Gasteiger charge is -2.52. The van der Waals surface area contributed by atoms with Gasteiger partial charge in [-0.1, -0.05) is 0 Å². The molecule has 27 nitrogen and oxygen atoms in total. The van der Waals surface area contributed by atoms with E-state index in [4.69, 9.17) is 128 Å². The fourth-order valence-electron chi connectivity index (χ4n) is 11.4. The fourth-order valence-corrected chi connectivity index (χ4v) is 11.4. The molecule has 0 saturated carbocycles. The highest BCUT2D eigenvalue weighted by Gasteiger charge is 2.59. The van der Waals surface area contributed by atoms with Crippen molar-refractivity contribution >= 4 is 0 Å². The summed E-state index contributed by atoms with van der Waals surface area (Å²) in [7, 11) is 22.9. The molecule has 22 heterocycles. The second-order valence-electron chi connectivity index (χ2n) is 19.1. The quantitative estimate of drug-likeness (QED) is 0.145. The first-order chi connectivity index (χ1) is 37.5. The fraction of sp³-hybridized carbons (Fsp3) is 0.940. The summed E-state index contributed by atoms with van der Waals surface area (Å²) in [4.78, 5) is 0. The molecular weight excluding hydrogens is 1030 g/mol. The minimum Gasteiger partial charge on any atom is -0.382 e. The van der Waals surface area contributed by atoms with Crippen LogP contribution < -0.4 is 0 Å². The lowest BCUT2D eigenvalue weighted by Crippen LogP contribution is -2.69. The van der Waals surface area contributed by atoms with Crippen molar-refractivity contribution in [1.82, 2.24) is 0 Å². The van der Waals surface area contributed by atoms with E-state index < -0.39 is 166 Å². The van der Waals surface area contributed by atoms with Crippen molar-refractivity contribution in [3.05, 3.63) is 19.4 Å². The lowest BCUT2D eigenvalue weighted by atomic mass is 9.94. The molecule has 12 bridgehead atoms. The molecule has 22 rings (SSSR count). The van der Waals surface area contributed by atoms with Crippen LogP contribution in [-0.2, 0) is 128 Å². The molecule has 0 amide bonds. The maximum atomic E-state index is 6.94. The highest BCUT2D eigenvalue weighted by molar-refractivity contribution is 5.06. The van der Waals surface area contributed by atoms with Gasteiger partial charge in [-0.15, -0.1) is 0 Å². The van der Waals surface area contributed by atoms with Gasteiger partial charge in [0.05, 0.1) is 39.1 Å². The Bertz CT molecular complexity index is 1660. The van der Waals surface area contributed by atoms with Crippen LogP contribution in [0.25, 0.3) is 0 Å². The van der Waals surface area contributed by atoms with E-state index in [9.17, 15) is 0 Å². The van der Waals surface area contributed by atoms with Crippen LogP contribution in [0.1, 0.15) is 0 Å². The Morgan fingerprint density at radius 1 is 0.260 bits per heavy atom. The van der Waals surface area contributed by atoms with Gasteiger partial charge in [0.2, 0.25) is 0 Å². The van der Waals surface area contributed by atoms with E-state index in [-0.39, 0.29) is 33.0 Å². The molecule has 22 saturated heterocycles. The van der Waals surface area contributed by atoms with Crippen LogP contribution in [-0.4, -0.2) is 306 Å². The van der Waals surface area contributed by atoms with Gasteiger partial charge in [-0.25, -0.2) is 0 Å². The van der Waals surface area contributed by atoms with Crippen LogP contribution in [0.3, 0.4) is 0 Å². The normalized spacial score (nSPS) is 46.2. The van der Waals surface area contributed by atoms with Crippen LogP contribution in [0.2, 0.25) is 0 Å². The third-order valence-corrected chi connectivity index (χ3v) is 14.9. The van der Waals surface area contributed by atoms with Gasteiger partial charge in [-0.3, -0.25) is 0 Å². The van der Waals surface area contributed by atoms with E-state index in [0.29, 0.717) is 0 Å². The third-order valence-electron chi connectivity index (χ3n) is 14.9. The molecule has 0 unspecified atom stereocenters. The predicted molar refractivity (Wildman–Crippen MR) is 258 cm³/mol. The summed E-state index contributed by atoms with van der Waals surface area (Å²) < 4.78 is 171. The molecule has 0 spiro atoms. The number of methoxy groups -OCH3 is 15. The Balaban J connectivity index is 1.28. The summed E-state index contributed by atoms with van der Waals surface area (Å²) in [5, 5.41) is 0. The van der Waals surface area contributed by atoms with E-state index >= 15 is 0 Å². The summed E-state index contributed by atoms with van der Waals surface area (Å²) in [6.07, 6.45) is -21.3. The van der Waals surface area contributed by atoms with Gasteiger partial charge in [0.25, 0.3) is 0 Å². The number of hydrogen-bond donors (Lipinski definition) is 0. The average molecular weight is 1120 g/mol. The third kappa shape index (κ3) is 14.1. The van der Waals surface area contributed by atoms with Crippen molar-refractivity contribution in [2.45, 2.75) is 166 Å². The van der Waals surface area contributed by atoms with Gasteiger partial charge in [-0.2, -0.15) is 0 Å². The van der Waals surface area contributed by atoms with E-state index in [0.717, 1.165) is 0 Å². The van der Waals surface area contributed by atoms with Crippen LogP contribution in [0.4, 0.5) is 0 Å². The Hall–Kier alpha value is -1.08. The Labute approximate surface area is 452 Å². The molecule has 22 fully saturated rings. The topological polar surface area (TPSA) is 249 Å². The first-order valence-electron chi connectivity index (χ1n) is 25.6. The summed E-state index contributed by atoms with van der Waals surface area (Å²) in [6.45, 7) is 1.64. The van der Waals surface area contributed by atoms with Crippen molar-refractivity contribution in [1.29, 1.82) is 0 Å². The first kappa shape index (κ1) is 63.5. The minimum absolute atomic E-state index is 0.00770. The van der Waals surface area contributed by atoms with Gasteiger partial charge >= 0.3 is 0 Å². The first-order valence-corrected chi connectivity index (χ1v) is 25.6. The van der Waals surface area contributed by atoms with Gasteiger partial charge in [0.15, 0.2) is 37.7 Å². The highest BCUT2D eigenvalue weighted by Crippen LogP contribution is 2.41. The summed E-state index contributed by atoms with van der Waals surface area (Å²) >= 11 is 0. The molecule has 77 heavy (non-hydrogen) atoms. The zero-order valence-electron chi connectivity index (χ0n) is 46.9. The molecule has 27 heteroatoms. The molecule has 0 aromatic carbocycles. The highest BCUT2D eigenvalue weighted by atomic mass is 16.8. The lowest BCUT2D eigenvalue weighted by molar-refractivity contribution is -0.401.